The Balaban J connectivity index is 2.33. The molecule has 1 N–H and O–H groups in total. The van der Waals surface area contributed by atoms with E-state index in [9.17, 15) is 4.79 Å². The number of halogens is 1. The number of carbonyl (C=O) groups is 1. The van der Waals surface area contributed by atoms with Crippen LogP contribution in [0, 0.1) is 0 Å². The third kappa shape index (κ3) is 4.66. The Hall–Kier alpha value is -1.28. The number of carbonyl (C=O) groups excluding carboxylic acids is 1. The minimum Gasteiger partial charge on any atom is -0.351 e. The maximum atomic E-state index is 10.9. The summed E-state index contributed by atoms with van der Waals surface area (Å²) in [6.07, 6.45) is 1.99. The van der Waals surface area contributed by atoms with Crippen molar-refractivity contribution in [2.24, 2.45) is 0 Å². The molecule has 0 bridgehead atoms. The summed E-state index contributed by atoms with van der Waals surface area (Å²) in [5.41, 5.74) is 1.17. The maximum Gasteiger partial charge on any atom is 0.243 e. The van der Waals surface area contributed by atoms with Crippen LogP contribution in [0.1, 0.15) is 5.56 Å². The van der Waals surface area contributed by atoms with Crippen LogP contribution in [0.4, 0.5) is 0 Å². The molecular formula is C12H14ClNO. The number of benzene rings is 1. The third-order valence-electron chi connectivity index (χ3n) is 1.98. The van der Waals surface area contributed by atoms with Gasteiger partial charge in [0, 0.05) is 6.54 Å². The van der Waals surface area contributed by atoms with E-state index >= 15 is 0 Å². The van der Waals surface area contributed by atoms with E-state index in [2.05, 4.69) is 11.9 Å². The second-order valence-electron chi connectivity index (χ2n) is 3.24. The van der Waals surface area contributed by atoms with Gasteiger partial charge in [-0.2, -0.15) is 0 Å². The molecule has 0 aliphatic heterocycles. The standard InChI is InChI=1S/C12H14ClNO/c1-2-12(15)14-9-11(13)8-10-6-4-3-5-7-10/h2-7,11H,1,8-9H2,(H,14,15). The first kappa shape index (κ1) is 11.8. The molecule has 0 heterocycles. The van der Waals surface area contributed by atoms with E-state index in [4.69, 9.17) is 11.6 Å². The Morgan fingerprint density at radius 1 is 1.47 bits per heavy atom. The van der Waals surface area contributed by atoms with Crippen molar-refractivity contribution >= 4 is 17.5 Å². The smallest absolute Gasteiger partial charge is 0.243 e. The molecule has 1 aromatic carbocycles. The van der Waals surface area contributed by atoms with Gasteiger partial charge in [0.05, 0.1) is 5.38 Å². The Bertz CT molecular complexity index is 324. The number of hydrogen-bond acceptors (Lipinski definition) is 1. The molecule has 0 aliphatic rings. The van der Waals surface area contributed by atoms with E-state index < -0.39 is 0 Å². The van der Waals surface area contributed by atoms with Gasteiger partial charge in [-0.15, -0.1) is 11.6 Å². The van der Waals surface area contributed by atoms with Crippen molar-refractivity contribution in [2.45, 2.75) is 11.8 Å². The SMILES string of the molecule is C=CC(=O)NCC(Cl)Cc1ccccc1. The van der Waals surface area contributed by atoms with Gasteiger partial charge in [-0.25, -0.2) is 0 Å². The predicted octanol–water partition coefficient (Wildman–Crippen LogP) is 2.14. The minimum atomic E-state index is -0.186. The van der Waals surface area contributed by atoms with Crippen LogP contribution in [0.25, 0.3) is 0 Å². The van der Waals surface area contributed by atoms with Crippen molar-refractivity contribution in [3.8, 4) is 0 Å². The van der Waals surface area contributed by atoms with Crippen molar-refractivity contribution in [3.63, 3.8) is 0 Å². The third-order valence-corrected chi connectivity index (χ3v) is 2.29. The van der Waals surface area contributed by atoms with Gasteiger partial charge in [0.25, 0.3) is 0 Å². The van der Waals surface area contributed by atoms with E-state index in [-0.39, 0.29) is 11.3 Å². The quantitative estimate of drug-likeness (QED) is 0.602. The summed E-state index contributed by atoms with van der Waals surface area (Å²) in [6, 6.07) is 9.95. The topological polar surface area (TPSA) is 29.1 Å². The molecule has 1 unspecified atom stereocenters. The van der Waals surface area contributed by atoms with E-state index in [1.807, 2.05) is 30.3 Å². The Labute approximate surface area is 94.9 Å². The van der Waals surface area contributed by atoms with Crippen LogP contribution in [0.5, 0.6) is 0 Å². The molecule has 1 rings (SSSR count). The molecule has 1 amide bonds. The molecule has 80 valence electrons. The number of nitrogens with one attached hydrogen (secondary N) is 1. The van der Waals surface area contributed by atoms with Gasteiger partial charge < -0.3 is 5.32 Å². The minimum absolute atomic E-state index is 0.0868. The van der Waals surface area contributed by atoms with E-state index in [1.54, 1.807) is 0 Å². The lowest BCUT2D eigenvalue weighted by Crippen LogP contribution is -2.29. The average molecular weight is 224 g/mol. The predicted molar refractivity (Wildman–Crippen MR) is 63.0 cm³/mol. The van der Waals surface area contributed by atoms with Crippen LogP contribution in [-0.4, -0.2) is 17.8 Å². The highest BCUT2D eigenvalue weighted by Crippen LogP contribution is 2.06. The first-order valence-electron chi connectivity index (χ1n) is 4.80. The first-order valence-corrected chi connectivity index (χ1v) is 5.24. The lowest BCUT2D eigenvalue weighted by Gasteiger charge is -2.09. The zero-order valence-electron chi connectivity index (χ0n) is 8.45. The van der Waals surface area contributed by atoms with Crippen LogP contribution in [0.15, 0.2) is 43.0 Å². The van der Waals surface area contributed by atoms with Crippen molar-refractivity contribution in [1.82, 2.24) is 5.32 Å². The fourth-order valence-electron chi connectivity index (χ4n) is 1.23. The molecule has 0 aromatic heterocycles. The van der Waals surface area contributed by atoms with Gasteiger partial charge >= 0.3 is 0 Å². The molecule has 0 saturated heterocycles. The molecule has 2 nitrogen and oxygen atoms in total. The van der Waals surface area contributed by atoms with Crippen LogP contribution in [0.2, 0.25) is 0 Å². The Morgan fingerprint density at radius 2 is 2.13 bits per heavy atom. The van der Waals surface area contributed by atoms with Crippen LogP contribution in [0.3, 0.4) is 0 Å². The largest absolute Gasteiger partial charge is 0.351 e. The zero-order chi connectivity index (χ0) is 11.1. The Morgan fingerprint density at radius 3 is 2.73 bits per heavy atom. The maximum absolute atomic E-state index is 10.9. The lowest BCUT2D eigenvalue weighted by atomic mass is 10.1. The number of rotatable bonds is 5. The molecule has 15 heavy (non-hydrogen) atoms. The van der Waals surface area contributed by atoms with E-state index in [0.717, 1.165) is 6.42 Å². The number of hydrogen-bond donors (Lipinski definition) is 1. The molecule has 1 atom stereocenters. The van der Waals surface area contributed by atoms with Gasteiger partial charge in [0.1, 0.15) is 0 Å². The van der Waals surface area contributed by atoms with E-state index in [0.29, 0.717) is 6.54 Å². The highest BCUT2D eigenvalue weighted by molar-refractivity contribution is 6.21. The van der Waals surface area contributed by atoms with Crippen LogP contribution < -0.4 is 5.32 Å². The molecule has 1 aromatic rings. The summed E-state index contributed by atoms with van der Waals surface area (Å²) in [5.74, 6) is -0.186. The highest BCUT2D eigenvalue weighted by atomic mass is 35.5. The lowest BCUT2D eigenvalue weighted by molar-refractivity contribution is -0.116. The molecule has 0 saturated carbocycles. The summed E-state index contributed by atoms with van der Waals surface area (Å²) in [7, 11) is 0. The fraction of sp³-hybridized carbons (Fsp3) is 0.250. The molecule has 0 spiro atoms. The molecule has 0 fully saturated rings. The second-order valence-corrected chi connectivity index (χ2v) is 3.85. The van der Waals surface area contributed by atoms with Gasteiger partial charge in [-0.3, -0.25) is 4.79 Å². The fourth-order valence-corrected chi connectivity index (χ4v) is 1.48. The van der Waals surface area contributed by atoms with Crippen molar-refractivity contribution < 1.29 is 4.79 Å². The summed E-state index contributed by atoms with van der Waals surface area (Å²) < 4.78 is 0. The van der Waals surface area contributed by atoms with Crippen molar-refractivity contribution in [3.05, 3.63) is 48.6 Å². The number of amides is 1. The van der Waals surface area contributed by atoms with Gasteiger partial charge in [0.2, 0.25) is 5.91 Å². The van der Waals surface area contributed by atoms with Crippen LogP contribution >= 0.6 is 11.6 Å². The number of alkyl halides is 1. The average Bonchev–Trinajstić information content (AvgIpc) is 2.27. The molecular weight excluding hydrogens is 210 g/mol. The van der Waals surface area contributed by atoms with Gasteiger partial charge in [-0.1, -0.05) is 36.9 Å². The first-order chi connectivity index (χ1) is 7.22. The van der Waals surface area contributed by atoms with E-state index in [1.165, 1.54) is 11.6 Å². The summed E-state index contributed by atoms with van der Waals surface area (Å²) in [4.78, 5) is 10.9. The highest BCUT2D eigenvalue weighted by Gasteiger charge is 2.06. The summed E-state index contributed by atoms with van der Waals surface area (Å²) in [6.45, 7) is 3.83. The Kier molecular flexibility index (Phi) is 4.91. The zero-order valence-corrected chi connectivity index (χ0v) is 9.20. The second kappa shape index (κ2) is 6.25. The molecule has 3 heteroatoms. The summed E-state index contributed by atoms with van der Waals surface area (Å²) >= 11 is 6.07. The molecule has 0 radical (unpaired) electrons. The monoisotopic (exact) mass is 223 g/mol. The summed E-state index contributed by atoms with van der Waals surface area (Å²) in [5, 5.41) is 2.58. The van der Waals surface area contributed by atoms with Crippen LogP contribution in [-0.2, 0) is 11.2 Å². The normalized spacial score (nSPS) is 11.8. The van der Waals surface area contributed by atoms with Crippen molar-refractivity contribution in [2.75, 3.05) is 6.54 Å². The van der Waals surface area contributed by atoms with Gasteiger partial charge in [0.15, 0.2) is 0 Å². The molecule has 0 aliphatic carbocycles. The van der Waals surface area contributed by atoms with Crippen molar-refractivity contribution in [1.29, 1.82) is 0 Å². The van der Waals surface area contributed by atoms with Gasteiger partial charge in [-0.05, 0) is 18.1 Å².